The van der Waals surface area contributed by atoms with Crippen LogP contribution in [0.3, 0.4) is 0 Å². The van der Waals surface area contributed by atoms with Crippen LogP contribution in [0.1, 0.15) is 57.1 Å². The normalized spacial score (nSPS) is 20.9. The van der Waals surface area contributed by atoms with E-state index in [-0.39, 0.29) is 28.8 Å². The van der Waals surface area contributed by atoms with Crippen molar-refractivity contribution in [3.05, 3.63) is 29.1 Å². The van der Waals surface area contributed by atoms with E-state index in [0.717, 1.165) is 0 Å². The molecule has 0 N–H and O–H groups in total. The Balaban J connectivity index is 2.57. The fourth-order valence-corrected chi connectivity index (χ4v) is 3.07. The van der Waals surface area contributed by atoms with Crippen LogP contribution in [-0.4, -0.2) is 18.2 Å². The second kappa shape index (κ2) is 7.41. The van der Waals surface area contributed by atoms with Gasteiger partial charge in [-0.05, 0) is 38.8 Å². The van der Waals surface area contributed by atoms with Gasteiger partial charge < -0.3 is 4.74 Å². The minimum Gasteiger partial charge on any atom is -0.493 e. The summed E-state index contributed by atoms with van der Waals surface area (Å²) in [6, 6.07) is 2.87. The van der Waals surface area contributed by atoms with Crippen LogP contribution >= 0.6 is 0 Å². The van der Waals surface area contributed by atoms with Crippen LogP contribution in [0.4, 0.5) is 4.39 Å². The van der Waals surface area contributed by atoms with Crippen LogP contribution < -0.4 is 4.74 Å². The van der Waals surface area contributed by atoms with E-state index in [1.807, 2.05) is 6.92 Å². The molecular formula is C19H21FO3. The lowest BCUT2D eigenvalue weighted by molar-refractivity contribution is -0.135. The lowest BCUT2D eigenvalue weighted by Crippen LogP contribution is -2.34. The molecule has 23 heavy (non-hydrogen) atoms. The van der Waals surface area contributed by atoms with E-state index in [9.17, 15) is 14.0 Å². The highest BCUT2D eigenvalue weighted by Crippen LogP contribution is 2.38. The van der Waals surface area contributed by atoms with Gasteiger partial charge in [-0.1, -0.05) is 12.8 Å². The molecule has 0 amide bonds. The first-order valence-corrected chi connectivity index (χ1v) is 7.98. The molecule has 0 radical (unpaired) electrons. The summed E-state index contributed by atoms with van der Waals surface area (Å²) in [5.41, 5.74) is 0.543. The molecule has 0 saturated heterocycles. The summed E-state index contributed by atoms with van der Waals surface area (Å²) in [7, 11) is 0. The topological polar surface area (TPSA) is 43.4 Å². The maximum absolute atomic E-state index is 14.7. The molecule has 3 nitrogen and oxygen atoms in total. The van der Waals surface area contributed by atoms with Gasteiger partial charge in [0.1, 0.15) is 23.3 Å². The quantitative estimate of drug-likeness (QED) is 0.629. The summed E-state index contributed by atoms with van der Waals surface area (Å²) >= 11 is 0. The molecule has 1 aromatic carbocycles. The Morgan fingerprint density at radius 1 is 1.30 bits per heavy atom. The lowest BCUT2D eigenvalue weighted by Gasteiger charge is -2.27. The number of carbonyl (C=O) groups excluding carboxylic acids is 2. The molecule has 0 spiro atoms. The summed E-state index contributed by atoms with van der Waals surface area (Å²) < 4.78 is 20.2. The molecule has 0 aliphatic heterocycles. The van der Waals surface area contributed by atoms with Gasteiger partial charge in [-0.15, -0.1) is 5.92 Å². The van der Waals surface area contributed by atoms with Gasteiger partial charge in [-0.3, -0.25) is 9.59 Å². The first-order valence-electron chi connectivity index (χ1n) is 7.98. The average Bonchev–Trinajstić information content (AvgIpc) is 2.50. The number of benzene rings is 1. The zero-order valence-corrected chi connectivity index (χ0v) is 13.7. The predicted molar refractivity (Wildman–Crippen MR) is 85.9 cm³/mol. The monoisotopic (exact) mass is 316 g/mol. The van der Waals surface area contributed by atoms with E-state index in [1.165, 1.54) is 6.07 Å². The standard InChI is InChI=1S/C19H21FO3/c1-4-7-12-10-14(20)17(16(11-12)23-6-3)18-15(21)9-8-13(5-2)19(18)22/h10-11,13,18H,5-6,8-9H2,1-3H3. The van der Waals surface area contributed by atoms with E-state index in [2.05, 4.69) is 11.8 Å². The Morgan fingerprint density at radius 2 is 2.04 bits per heavy atom. The molecular weight excluding hydrogens is 295 g/mol. The summed E-state index contributed by atoms with van der Waals surface area (Å²) in [5, 5.41) is 0. The van der Waals surface area contributed by atoms with E-state index in [0.29, 0.717) is 31.4 Å². The number of Topliss-reactive ketones (excluding diaryl/α,β-unsaturated/α-hetero) is 2. The molecule has 4 heteroatoms. The molecule has 2 atom stereocenters. The molecule has 0 bridgehead atoms. The summed E-state index contributed by atoms with van der Waals surface area (Å²) in [6.45, 7) is 5.67. The maximum Gasteiger partial charge on any atom is 0.151 e. The Bertz CT molecular complexity index is 682. The third-order valence-corrected chi connectivity index (χ3v) is 4.19. The maximum atomic E-state index is 14.7. The number of carbonyl (C=O) groups is 2. The smallest absolute Gasteiger partial charge is 0.151 e. The van der Waals surface area contributed by atoms with Gasteiger partial charge in [-0.2, -0.15) is 0 Å². The molecule has 122 valence electrons. The van der Waals surface area contributed by atoms with Gasteiger partial charge in [-0.25, -0.2) is 4.39 Å². The molecule has 2 rings (SSSR count). The van der Waals surface area contributed by atoms with Crippen LogP contribution in [0.5, 0.6) is 5.75 Å². The number of halogens is 1. The van der Waals surface area contributed by atoms with E-state index in [1.54, 1.807) is 19.9 Å². The van der Waals surface area contributed by atoms with Gasteiger partial charge in [0, 0.05) is 23.5 Å². The van der Waals surface area contributed by atoms with Crippen molar-refractivity contribution in [3.8, 4) is 17.6 Å². The second-order valence-electron chi connectivity index (χ2n) is 5.62. The third-order valence-electron chi connectivity index (χ3n) is 4.19. The molecule has 1 saturated carbocycles. The Hall–Kier alpha value is -2.15. The van der Waals surface area contributed by atoms with Crippen LogP contribution in [0.25, 0.3) is 0 Å². The second-order valence-corrected chi connectivity index (χ2v) is 5.62. The molecule has 0 aromatic heterocycles. The van der Waals surface area contributed by atoms with Gasteiger partial charge >= 0.3 is 0 Å². The van der Waals surface area contributed by atoms with Crippen molar-refractivity contribution >= 4 is 11.6 Å². The number of rotatable bonds is 4. The first kappa shape index (κ1) is 17.2. The van der Waals surface area contributed by atoms with Gasteiger partial charge in [0.05, 0.1) is 6.61 Å². The highest BCUT2D eigenvalue weighted by molar-refractivity contribution is 6.10. The molecule has 1 aliphatic carbocycles. The summed E-state index contributed by atoms with van der Waals surface area (Å²) in [6.07, 6.45) is 1.51. The van der Waals surface area contributed by atoms with Gasteiger partial charge in [0.25, 0.3) is 0 Å². The first-order chi connectivity index (χ1) is 11.0. The van der Waals surface area contributed by atoms with Crippen molar-refractivity contribution in [1.82, 2.24) is 0 Å². The number of ketones is 2. The number of ether oxygens (including phenoxy) is 1. The van der Waals surface area contributed by atoms with Crippen LogP contribution in [-0.2, 0) is 9.59 Å². The zero-order chi connectivity index (χ0) is 17.0. The van der Waals surface area contributed by atoms with Crippen molar-refractivity contribution in [2.75, 3.05) is 6.61 Å². The van der Waals surface area contributed by atoms with E-state index in [4.69, 9.17) is 4.74 Å². The highest BCUT2D eigenvalue weighted by Gasteiger charge is 2.40. The number of hydrogen-bond donors (Lipinski definition) is 0. The van der Waals surface area contributed by atoms with Crippen molar-refractivity contribution in [2.45, 2.75) is 46.0 Å². The zero-order valence-electron chi connectivity index (χ0n) is 13.7. The SMILES string of the molecule is CC#Cc1cc(F)c(C2C(=O)CCC(CC)C2=O)c(OCC)c1. The van der Waals surface area contributed by atoms with Gasteiger partial charge in [0.2, 0.25) is 0 Å². The van der Waals surface area contributed by atoms with Crippen LogP contribution in [0.15, 0.2) is 12.1 Å². The fourth-order valence-electron chi connectivity index (χ4n) is 3.07. The minimum atomic E-state index is -1.06. The lowest BCUT2D eigenvalue weighted by atomic mass is 9.74. The minimum absolute atomic E-state index is 0.0710. The third kappa shape index (κ3) is 3.44. The van der Waals surface area contributed by atoms with Crippen molar-refractivity contribution in [1.29, 1.82) is 0 Å². The van der Waals surface area contributed by atoms with Crippen LogP contribution in [0, 0.1) is 23.6 Å². The molecule has 1 fully saturated rings. The molecule has 0 heterocycles. The highest BCUT2D eigenvalue weighted by atomic mass is 19.1. The van der Waals surface area contributed by atoms with E-state index >= 15 is 0 Å². The molecule has 1 aliphatic rings. The van der Waals surface area contributed by atoms with Crippen LogP contribution in [0.2, 0.25) is 0 Å². The van der Waals surface area contributed by atoms with Crippen molar-refractivity contribution in [3.63, 3.8) is 0 Å². The Kier molecular flexibility index (Phi) is 5.54. The van der Waals surface area contributed by atoms with Gasteiger partial charge in [0.15, 0.2) is 5.78 Å². The van der Waals surface area contributed by atoms with Crippen molar-refractivity contribution < 1.29 is 18.7 Å². The average molecular weight is 316 g/mol. The molecule has 2 unspecified atom stereocenters. The largest absolute Gasteiger partial charge is 0.493 e. The van der Waals surface area contributed by atoms with E-state index < -0.39 is 11.7 Å². The van der Waals surface area contributed by atoms with Crippen molar-refractivity contribution in [2.24, 2.45) is 5.92 Å². The summed E-state index contributed by atoms with van der Waals surface area (Å²) in [4.78, 5) is 24.9. The number of hydrogen-bond acceptors (Lipinski definition) is 3. The predicted octanol–water partition coefficient (Wildman–Crippen LogP) is 3.64. The molecule has 1 aromatic rings. The Morgan fingerprint density at radius 3 is 2.65 bits per heavy atom. The Labute approximate surface area is 136 Å². The summed E-state index contributed by atoms with van der Waals surface area (Å²) in [5.74, 6) is 3.46. The fraction of sp³-hybridized carbons (Fsp3) is 0.474.